The molecular formula is C13H23N3O2S2. The lowest BCUT2D eigenvalue weighted by Gasteiger charge is -2.31. The summed E-state index contributed by atoms with van der Waals surface area (Å²) in [4.78, 5) is 1.10. The van der Waals surface area contributed by atoms with Gasteiger partial charge in [0.2, 0.25) is 0 Å². The summed E-state index contributed by atoms with van der Waals surface area (Å²) in [6, 6.07) is 2.06. The van der Waals surface area contributed by atoms with E-state index < -0.39 is 10.2 Å². The number of thiophene rings is 1. The molecule has 2 heterocycles. The topological polar surface area (TPSA) is 75.4 Å². The van der Waals surface area contributed by atoms with E-state index in [4.69, 9.17) is 5.73 Å². The van der Waals surface area contributed by atoms with Crippen LogP contribution in [0.15, 0.2) is 11.4 Å². The second-order valence-electron chi connectivity index (χ2n) is 5.15. The summed E-state index contributed by atoms with van der Waals surface area (Å²) in [5, 5.41) is 2.01. The minimum atomic E-state index is -3.39. The third-order valence-electron chi connectivity index (χ3n) is 3.79. The average molecular weight is 317 g/mol. The number of nitrogens with one attached hydrogen (secondary N) is 1. The molecule has 0 spiro atoms. The first-order valence-corrected chi connectivity index (χ1v) is 9.38. The van der Waals surface area contributed by atoms with E-state index in [1.165, 1.54) is 9.87 Å². The van der Waals surface area contributed by atoms with E-state index in [0.717, 1.165) is 24.1 Å². The average Bonchev–Trinajstić information content (AvgIpc) is 2.93. The Labute approximate surface area is 125 Å². The zero-order valence-electron chi connectivity index (χ0n) is 11.8. The number of rotatable bonds is 6. The summed E-state index contributed by atoms with van der Waals surface area (Å²) in [6.45, 7) is 4.15. The Kier molecular flexibility index (Phi) is 5.57. The molecule has 3 N–H and O–H groups in total. The van der Waals surface area contributed by atoms with Crippen molar-refractivity contribution >= 4 is 21.5 Å². The van der Waals surface area contributed by atoms with E-state index >= 15 is 0 Å². The van der Waals surface area contributed by atoms with Gasteiger partial charge in [0, 0.05) is 24.5 Å². The Morgan fingerprint density at radius 1 is 1.55 bits per heavy atom. The lowest BCUT2D eigenvalue weighted by molar-refractivity contribution is 0.268. The van der Waals surface area contributed by atoms with Gasteiger partial charge in [-0.2, -0.15) is 17.4 Å². The van der Waals surface area contributed by atoms with Crippen molar-refractivity contribution in [3.8, 4) is 0 Å². The zero-order valence-corrected chi connectivity index (χ0v) is 13.5. The van der Waals surface area contributed by atoms with E-state index in [-0.39, 0.29) is 5.92 Å². The summed E-state index contributed by atoms with van der Waals surface area (Å²) in [5.74, 6) is 0.285. The Bertz CT molecular complexity index is 527. The highest BCUT2D eigenvalue weighted by Gasteiger charge is 2.28. The van der Waals surface area contributed by atoms with Crippen LogP contribution in [0.5, 0.6) is 0 Å². The van der Waals surface area contributed by atoms with Gasteiger partial charge in [0.15, 0.2) is 0 Å². The van der Waals surface area contributed by atoms with Crippen LogP contribution < -0.4 is 10.5 Å². The fourth-order valence-electron chi connectivity index (χ4n) is 2.52. The maximum atomic E-state index is 12.3. The van der Waals surface area contributed by atoms with E-state index in [0.29, 0.717) is 26.2 Å². The molecule has 1 aliphatic heterocycles. The van der Waals surface area contributed by atoms with Crippen molar-refractivity contribution in [3.05, 3.63) is 21.9 Å². The van der Waals surface area contributed by atoms with Crippen LogP contribution in [-0.2, 0) is 23.2 Å². The lowest BCUT2D eigenvalue weighted by atomic mass is 10.0. The highest BCUT2D eigenvalue weighted by molar-refractivity contribution is 7.87. The number of aryl methyl sites for hydroxylation is 1. The molecule has 1 atom stereocenters. The number of hydrogen-bond donors (Lipinski definition) is 2. The van der Waals surface area contributed by atoms with Gasteiger partial charge in [-0.25, -0.2) is 0 Å². The van der Waals surface area contributed by atoms with Crippen molar-refractivity contribution in [2.45, 2.75) is 32.7 Å². The predicted molar refractivity (Wildman–Crippen MR) is 82.8 cm³/mol. The fraction of sp³-hybridized carbons (Fsp3) is 0.692. The third kappa shape index (κ3) is 3.79. The SMILES string of the molecule is CCc1ccsc1CNS(=O)(=O)N1CCCC(CN)C1. The molecule has 1 aromatic heterocycles. The molecule has 0 amide bonds. The fourth-order valence-corrected chi connectivity index (χ4v) is 4.82. The van der Waals surface area contributed by atoms with Crippen molar-refractivity contribution in [1.82, 2.24) is 9.03 Å². The van der Waals surface area contributed by atoms with Crippen molar-refractivity contribution in [3.63, 3.8) is 0 Å². The maximum Gasteiger partial charge on any atom is 0.279 e. The Hall–Kier alpha value is -0.470. The van der Waals surface area contributed by atoms with Gasteiger partial charge >= 0.3 is 0 Å². The summed E-state index contributed by atoms with van der Waals surface area (Å²) in [5.41, 5.74) is 6.88. The number of hydrogen-bond acceptors (Lipinski definition) is 4. The molecule has 2 rings (SSSR count). The molecular weight excluding hydrogens is 294 g/mol. The minimum absolute atomic E-state index is 0.285. The standard InChI is InChI=1S/C13H23N3O2S2/c1-2-12-5-7-19-13(12)9-15-20(17,18)16-6-3-4-11(8-14)10-16/h5,7,11,15H,2-4,6,8-10,14H2,1H3. The number of nitrogens with two attached hydrogens (primary N) is 1. The Morgan fingerprint density at radius 3 is 3.05 bits per heavy atom. The molecule has 20 heavy (non-hydrogen) atoms. The maximum absolute atomic E-state index is 12.3. The van der Waals surface area contributed by atoms with Gasteiger partial charge in [-0.05, 0) is 48.7 Å². The summed E-state index contributed by atoms with van der Waals surface area (Å²) >= 11 is 1.60. The van der Waals surface area contributed by atoms with E-state index in [9.17, 15) is 8.42 Å². The summed E-state index contributed by atoms with van der Waals surface area (Å²) < 4.78 is 28.9. The van der Waals surface area contributed by atoms with Gasteiger partial charge in [-0.1, -0.05) is 6.92 Å². The second-order valence-corrected chi connectivity index (χ2v) is 7.91. The molecule has 1 aromatic rings. The molecule has 1 fully saturated rings. The monoisotopic (exact) mass is 317 g/mol. The van der Waals surface area contributed by atoms with Crippen LogP contribution in [-0.4, -0.2) is 32.4 Å². The minimum Gasteiger partial charge on any atom is -0.330 e. The molecule has 0 bridgehead atoms. The van der Waals surface area contributed by atoms with Crippen LogP contribution in [0, 0.1) is 5.92 Å². The molecule has 1 aliphatic rings. The highest BCUT2D eigenvalue weighted by Crippen LogP contribution is 2.20. The van der Waals surface area contributed by atoms with Gasteiger partial charge in [-0.3, -0.25) is 0 Å². The molecule has 1 unspecified atom stereocenters. The van der Waals surface area contributed by atoms with Crippen LogP contribution in [0.3, 0.4) is 0 Å². The van der Waals surface area contributed by atoms with Gasteiger partial charge in [0.05, 0.1) is 0 Å². The Balaban J connectivity index is 1.97. The first-order valence-electron chi connectivity index (χ1n) is 7.07. The van der Waals surface area contributed by atoms with Crippen LogP contribution in [0.1, 0.15) is 30.2 Å². The molecule has 0 saturated carbocycles. The second kappa shape index (κ2) is 7.00. The number of nitrogens with zero attached hydrogens (tertiary/aromatic N) is 1. The first-order chi connectivity index (χ1) is 9.56. The van der Waals surface area contributed by atoms with Gasteiger partial charge in [0.25, 0.3) is 10.2 Å². The zero-order chi connectivity index (χ0) is 14.6. The first kappa shape index (κ1) is 15.9. The quantitative estimate of drug-likeness (QED) is 0.831. The van der Waals surface area contributed by atoms with E-state index in [2.05, 4.69) is 17.7 Å². The van der Waals surface area contributed by atoms with Crippen molar-refractivity contribution in [2.24, 2.45) is 11.7 Å². The van der Waals surface area contributed by atoms with Crippen LogP contribution in [0.2, 0.25) is 0 Å². The third-order valence-corrected chi connectivity index (χ3v) is 6.27. The summed E-state index contributed by atoms with van der Waals surface area (Å²) in [7, 11) is -3.39. The van der Waals surface area contributed by atoms with Crippen molar-refractivity contribution in [1.29, 1.82) is 0 Å². The normalized spacial score (nSPS) is 21.2. The van der Waals surface area contributed by atoms with Crippen LogP contribution in [0.25, 0.3) is 0 Å². The Morgan fingerprint density at radius 2 is 2.35 bits per heavy atom. The van der Waals surface area contributed by atoms with Gasteiger partial charge in [0.1, 0.15) is 0 Å². The molecule has 1 saturated heterocycles. The molecule has 114 valence electrons. The van der Waals surface area contributed by atoms with E-state index in [1.807, 2.05) is 5.38 Å². The highest BCUT2D eigenvalue weighted by atomic mass is 32.2. The van der Waals surface area contributed by atoms with Crippen molar-refractivity contribution < 1.29 is 8.42 Å². The van der Waals surface area contributed by atoms with Crippen molar-refractivity contribution in [2.75, 3.05) is 19.6 Å². The van der Waals surface area contributed by atoms with Gasteiger partial charge in [-0.15, -0.1) is 11.3 Å². The van der Waals surface area contributed by atoms with E-state index in [1.54, 1.807) is 11.3 Å². The molecule has 0 aliphatic carbocycles. The van der Waals surface area contributed by atoms with Crippen LogP contribution >= 0.6 is 11.3 Å². The predicted octanol–water partition coefficient (Wildman–Crippen LogP) is 1.32. The molecule has 7 heteroatoms. The smallest absolute Gasteiger partial charge is 0.279 e. The molecule has 0 radical (unpaired) electrons. The molecule has 0 aromatic carbocycles. The van der Waals surface area contributed by atoms with Gasteiger partial charge < -0.3 is 5.73 Å². The van der Waals surface area contributed by atoms with Crippen LogP contribution in [0.4, 0.5) is 0 Å². The summed E-state index contributed by atoms with van der Waals surface area (Å²) in [6.07, 6.45) is 2.84. The molecule has 5 nitrogen and oxygen atoms in total. The number of piperidine rings is 1. The largest absolute Gasteiger partial charge is 0.330 e. The lowest BCUT2D eigenvalue weighted by Crippen LogP contribution is -2.47.